The Labute approximate surface area is 119 Å². The van der Waals surface area contributed by atoms with Crippen LogP contribution >= 0.6 is 0 Å². The van der Waals surface area contributed by atoms with E-state index in [0.717, 1.165) is 31.7 Å². The summed E-state index contributed by atoms with van der Waals surface area (Å²) < 4.78 is 0. The molecular weight excluding hydrogens is 256 g/mol. The molecule has 0 saturated heterocycles. The Morgan fingerprint density at radius 3 is 2.50 bits per heavy atom. The normalized spacial score (nSPS) is 10.3. The second kappa shape index (κ2) is 7.46. The first-order valence-electron chi connectivity index (χ1n) is 6.57. The summed E-state index contributed by atoms with van der Waals surface area (Å²) in [4.78, 5) is 14.5. The van der Waals surface area contributed by atoms with Gasteiger partial charge in [-0.3, -0.25) is 10.1 Å². The van der Waals surface area contributed by atoms with E-state index in [1.54, 1.807) is 12.1 Å². The number of hydrogen-bond acceptors (Lipinski definition) is 5. The van der Waals surface area contributed by atoms with Gasteiger partial charge in [-0.05, 0) is 32.6 Å². The minimum absolute atomic E-state index is 0.110. The van der Waals surface area contributed by atoms with E-state index >= 15 is 0 Å². The van der Waals surface area contributed by atoms with E-state index in [1.807, 2.05) is 20.2 Å². The number of hydrogen-bond donors (Lipinski definition) is 0. The highest BCUT2D eigenvalue weighted by Crippen LogP contribution is 2.24. The van der Waals surface area contributed by atoms with Gasteiger partial charge >= 0.3 is 0 Å². The predicted molar refractivity (Wildman–Crippen MR) is 78.9 cm³/mol. The van der Waals surface area contributed by atoms with Crippen LogP contribution in [0.2, 0.25) is 0 Å². The van der Waals surface area contributed by atoms with E-state index in [2.05, 4.69) is 16.7 Å². The van der Waals surface area contributed by atoms with Gasteiger partial charge in [-0.2, -0.15) is 5.26 Å². The maximum Gasteiger partial charge on any atom is 0.287 e. The van der Waals surface area contributed by atoms with Crippen LogP contribution in [0.25, 0.3) is 0 Å². The van der Waals surface area contributed by atoms with Gasteiger partial charge in [0, 0.05) is 31.4 Å². The SMILES string of the molecule is CCCN(CCN(C)C)c1ccc([N+](=O)[O-])c(C#N)c1. The lowest BCUT2D eigenvalue weighted by Gasteiger charge is -2.26. The molecule has 0 heterocycles. The van der Waals surface area contributed by atoms with Crippen molar-refractivity contribution in [3.63, 3.8) is 0 Å². The van der Waals surface area contributed by atoms with E-state index in [9.17, 15) is 10.1 Å². The smallest absolute Gasteiger partial charge is 0.287 e. The Kier molecular flexibility index (Phi) is 5.94. The van der Waals surface area contributed by atoms with Crippen molar-refractivity contribution in [1.29, 1.82) is 5.26 Å². The first-order valence-corrected chi connectivity index (χ1v) is 6.57. The predicted octanol–water partition coefficient (Wildman–Crippen LogP) is 2.24. The Morgan fingerprint density at radius 1 is 1.30 bits per heavy atom. The Morgan fingerprint density at radius 2 is 2.00 bits per heavy atom. The number of nitrogens with zero attached hydrogens (tertiary/aromatic N) is 4. The molecule has 0 saturated carbocycles. The van der Waals surface area contributed by atoms with Crippen LogP contribution in [0.4, 0.5) is 11.4 Å². The van der Waals surface area contributed by atoms with Crippen molar-refractivity contribution in [2.75, 3.05) is 38.6 Å². The van der Waals surface area contributed by atoms with Crippen LogP contribution in [0.5, 0.6) is 0 Å². The van der Waals surface area contributed by atoms with Gasteiger partial charge in [0.25, 0.3) is 5.69 Å². The zero-order valence-electron chi connectivity index (χ0n) is 12.2. The summed E-state index contributed by atoms with van der Waals surface area (Å²) in [5.74, 6) is 0. The van der Waals surface area contributed by atoms with Gasteiger partial charge < -0.3 is 9.80 Å². The average molecular weight is 276 g/mol. The molecule has 1 aromatic carbocycles. The van der Waals surface area contributed by atoms with Crippen molar-refractivity contribution in [3.05, 3.63) is 33.9 Å². The summed E-state index contributed by atoms with van der Waals surface area (Å²) in [5, 5.41) is 19.9. The molecule has 20 heavy (non-hydrogen) atoms. The van der Waals surface area contributed by atoms with Gasteiger partial charge in [-0.25, -0.2) is 0 Å². The summed E-state index contributed by atoms with van der Waals surface area (Å²) in [6.07, 6.45) is 0.978. The number of benzene rings is 1. The van der Waals surface area contributed by atoms with Crippen molar-refractivity contribution < 1.29 is 4.92 Å². The molecule has 0 spiro atoms. The van der Waals surface area contributed by atoms with Crippen molar-refractivity contribution in [2.45, 2.75) is 13.3 Å². The molecule has 0 N–H and O–H groups in total. The zero-order valence-corrected chi connectivity index (χ0v) is 12.2. The standard InChI is InChI=1S/C14H20N4O2/c1-4-7-17(9-8-16(2)3)13-5-6-14(18(19)20)12(10-13)11-15/h5-6,10H,4,7-9H2,1-3H3. The van der Waals surface area contributed by atoms with Gasteiger partial charge in [0.15, 0.2) is 0 Å². The molecule has 0 aliphatic heterocycles. The summed E-state index contributed by atoms with van der Waals surface area (Å²) >= 11 is 0. The highest BCUT2D eigenvalue weighted by atomic mass is 16.6. The molecule has 6 heteroatoms. The van der Waals surface area contributed by atoms with Gasteiger partial charge in [-0.15, -0.1) is 0 Å². The Balaban J connectivity index is 3.02. The molecule has 0 atom stereocenters. The fraction of sp³-hybridized carbons (Fsp3) is 0.500. The third-order valence-electron chi connectivity index (χ3n) is 2.97. The van der Waals surface area contributed by atoms with Gasteiger partial charge in [0.05, 0.1) is 4.92 Å². The lowest BCUT2D eigenvalue weighted by Crippen LogP contribution is -2.32. The minimum atomic E-state index is -0.522. The lowest BCUT2D eigenvalue weighted by atomic mass is 10.1. The molecule has 108 valence electrons. The van der Waals surface area contributed by atoms with Gasteiger partial charge in [0.1, 0.15) is 11.6 Å². The van der Waals surface area contributed by atoms with Crippen LogP contribution in [0, 0.1) is 21.4 Å². The number of rotatable bonds is 7. The molecule has 0 radical (unpaired) electrons. The highest BCUT2D eigenvalue weighted by molar-refractivity contribution is 5.59. The molecule has 1 rings (SSSR count). The first kappa shape index (κ1) is 15.9. The van der Waals surface area contributed by atoms with Crippen LogP contribution in [0.3, 0.4) is 0 Å². The fourth-order valence-corrected chi connectivity index (χ4v) is 1.93. The largest absolute Gasteiger partial charge is 0.370 e. The van der Waals surface area contributed by atoms with Crippen molar-refractivity contribution in [2.24, 2.45) is 0 Å². The zero-order chi connectivity index (χ0) is 15.1. The molecule has 0 amide bonds. The van der Waals surface area contributed by atoms with Crippen LogP contribution < -0.4 is 4.90 Å². The van der Waals surface area contributed by atoms with E-state index in [1.165, 1.54) is 6.07 Å². The van der Waals surface area contributed by atoms with E-state index in [-0.39, 0.29) is 11.3 Å². The maximum absolute atomic E-state index is 10.8. The van der Waals surface area contributed by atoms with E-state index < -0.39 is 4.92 Å². The topological polar surface area (TPSA) is 73.4 Å². The molecule has 1 aromatic rings. The number of anilines is 1. The summed E-state index contributed by atoms with van der Waals surface area (Å²) in [6.45, 7) is 4.65. The molecule has 0 aliphatic rings. The molecule has 0 unspecified atom stereocenters. The minimum Gasteiger partial charge on any atom is -0.370 e. The summed E-state index contributed by atoms with van der Waals surface area (Å²) in [6, 6.07) is 6.62. The lowest BCUT2D eigenvalue weighted by molar-refractivity contribution is -0.385. The van der Waals surface area contributed by atoms with Crippen LogP contribution in [-0.2, 0) is 0 Å². The van der Waals surface area contributed by atoms with Gasteiger partial charge in [0.2, 0.25) is 0 Å². The number of nitro benzene ring substituents is 1. The number of nitriles is 1. The van der Waals surface area contributed by atoms with E-state index in [4.69, 9.17) is 5.26 Å². The quantitative estimate of drug-likeness (QED) is 0.564. The summed E-state index contributed by atoms with van der Waals surface area (Å²) in [5.41, 5.74) is 0.828. The second-order valence-corrected chi connectivity index (χ2v) is 4.86. The molecule has 6 nitrogen and oxygen atoms in total. The monoisotopic (exact) mass is 276 g/mol. The van der Waals surface area contributed by atoms with Crippen molar-refractivity contribution in [1.82, 2.24) is 4.90 Å². The van der Waals surface area contributed by atoms with Crippen LogP contribution in [-0.4, -0.2) is 43.6 Å². The maximum atomic E-state index is 10.8. The fourth-order valence-electron chi connectivity index (χ4n) is 1.93. The molecule has 0 bridgehead atoms. The van der Waals surface area contributed by atoms with Crippen molar-refractivity contribution in [3.8, 4) is 6.07 Å². The van der Waals surface area contributed by atoms with Crippen LogP contribution in [0.15, 0.2) is 18.2 Å². The average Bonchev–Trinajstić information content (AvgIpc) is 2.42. The Bertz CT molecular complexity index is 508. The summed E-state index contributed by atoms with van der Waals surface area (Å²) in [7, 11) is 4.00. The Hall–Kier alpha value is -2.13. The van der Waals surface area contributed by atoms with Crippen LogP contribution in [0.1, 0.15) is 18.9 Å². The molecule has 0 fully saturated rings. The molecule has 0 aromatic heterocycles. The van der Waals surface area contributed by atoms with Gasteiger partial charge in [-0.1, -0.05) is 6.92 Å². The number of nitro groups is 1. The molecule has 0 aliphatic carbocycles. The van der Waals surface area contributed by atoms with Crippen molar-refractivity contribution >= 4 is 11.4 Å². The molecular formula is C14H20N4O2. The third kappa shape index (κ3) is 4.21. The first-order chi connectivity index (χ1) is 9.49. The third-order valence-corrected chi connectivity index (χ3v) is 2.97. The highest BCUT2D eigenvalue weighted by Gasteiger charge is 2.16. The second-order valence-electron chi connectivity index (χ2n) is 4.86. The number of likely N-dealkylation sites (N-methyl/N-ethyl adjacent to an activating group) is 1. The van der Waals surface area contributed by atoms with E-state index in [0.29, 0.717) is 0 Å².